The summed E-state index contributed by atoms with van der Waals surface area (Å²) >= 11 is 0. The van der Waals surface area contributed by atoms with Crippen molar-refractivity contribution in [3.05, 3.63) is 46.8 Å². The largest absolute Gasteiger partial charge is 0.497 e. The van der Waals surface area contributed by atoms with E-state index in [0.717, 1.165) is 11.3 Å². The van der Waals surface area contributed by atoms with Crippen molar-refractivity contribution in [3.63, 3.8) is 0 Å². The molecule has 0 bridgehead atoms. The molecule has 0 spiro atoms. The molecular formula is C24H31N5O4. The second-order valence-corrected chi connectivity index (χ2v) is 8.56. The fourth-order valence-corrected chi connectivity index (χ4v) is 4.67. The molecule has 2 aliphatic rings. The van der Waals surface area contributed by atoms with Gasteiger partial charge in [0.15, 0.2) is 5.69 Å². The van der Waals surface area contributed by atoms with Crippen molar-refractivity contribution in [1.82, 2.24) is 24.9 Å². The van der Waals surface area contributed by atoms with Gasteiger partial charge in [-0.3, -0.25) is 19.1 Å². The molecule has 2 aromatic rings. The number of carbonyl (C=O) groups excluding carboxylic acids is 3. The standard InChI is InChI=1S/C24H31N5O4/c1-4-25-22(30)16-9-12-28(13-10-16)24(32)21-19-15-29(14-11-20(19)27(2)26-21)23(31)17-5-7-18(33-3)8-6-17/h5-8,16H,4,9-15H2,1-3H3,(H,25,30). The highest BCUT2D eigenvalue weighted by Crippen LogP contribution is 2.26. The Labute approximate surface area is 193 Å². The molecule has 9 nitrogen and oxygen atoms in total. The minimum atomic E-state index is -0.125. The van der Waals surface area contributed by atoms with Crippen LogP contribution in [0.5, 0.6) is 5.75 Å². The summed E-state index contributed by atoms with van der Waals surface area (Å²) in [5.74, 6) is 0.508. The molecule has 1 aromatic carbocycles. The number of benzene rings is 1. The Balaban J connectivity index is 1.47. The van der Waals surface area contributed by atoms with E-state index in [2.05, 4.69) is 10.4 Å². The first kappa shape index (κ1) is 22.8. The number of fused-ring (bicyclic) bond motifs is 1. The number of nitrogens with one attached hydrogen (secondary N) is 1. The zero-order valence-corrected chi connectivity index (χ0v) is 19.5. The summed E-state index contributed by atoms with van der Waals surface area (Å²) in [4.78, 5) is 42.1. The van der Waals surface area contributed by atoms with E-state index in [1.54, 1.807) is 45.9 Å². The van der Waals surface area contributed by atoms with Crippen molar-refractivity contribution in [2.24, 2.45) is 13.0 Å². The number of hydrogen-bond donors (Lipinski definition) is 1. The van der Waals surface area contributed by atoms with Crippen LogP contribution in [-0.2, 0) is 24.8 Å². The van der Waals surface area contributed by atoms with Gasteiger partial charge in [0.05, 0.1) is 13.7 Å². The SMILES string of the molecule is CCNC(=O)C1CCN(C(=O)c2nn(C)c3c2CN(C(=O)c2ccc(OC)cc2)CC3)CC1. The number of rotatable bonds is 5. The van der Waals surface area contributed by atoms with Gasteiger partial charge in [-0.25, -0.2) is 0 Å². The lowest BCUT2D eigenvalue weighted by Crippen LogP contribution is -2.43. The maximum absolute atomic E-state index is 13.3. The van der Waals surface area contributed by atoms with Gasteiger partial charge in [0.25, 0.3) is 11.8 Å². The maximum atomic E-state index is 13.3. The second-order valence-electron chi connectivity index (χ2n) is 8.56. The Bertz CT molecular complexity index is 1040. The van der Waals surface area contributed by atoms with Crippen LogP contribution in [0.4, 0.5) is 0 Å². The van der Waals surface area contributed by atoms with Crippen LogP contribution in [0, 0.1) is 5.92 Å². The monoisotopic (exact) mass is 453 g/mol. The molecule has 0 radical (unpaired) electrons. The van der Waals surface area contributed by atoms with Gasteiger partial charge < -0.3 is 19.9 Å². The number of aryl methyl sites for hydroxylation is 1. The van der Waals surface area contributed by atoms with Crippen LogP contribution in [0.1, 0.15) is 51.9 Å². The van der Waals surface area contributed by atoms with Crippen LogP contribution in [0.3, 0.4) is 0 Å². The Morgan fingerprint density at radius 2 is 1.76 bits per heavy atom. The quantitative estimate of drug-likeness (QED) is 0.742. The molecule has 1 fully saturated rings. The van der Waals surface area contributed by atoms with Gasteiger partial charge in [-0.1, -0.05) is 0 Å². The Morgan fingerprint density at radius 3 is 2.39 bits per heavy atom. The third-order valence-corrected chi connectivity index (χ3v) is 6.57. The first-order valence-corrected chi connectivity index (χ1v) is 11.5. The fraction of sp³-hybridized carbons (Fsp3) is 0.500. The van der Waals surface area contributed by atoms with Gasteiger partial charge in [-0.2, -0.15) is 5.10 Å². The van der Waals surface area contributed by atoms with Gasteiger partial charge in [-0.05, 0) is 44.0 Å². The zero-order valence-electron chi connectivity index (χ0n) is 19.5. The van der Waals surface area contributed by atoms with Crippen molar-refractivity contribution in [3.8, 4) is 5.75 Å². The molecule has 33 heavy (non-hydrogen) atoms. The average Bonchev–Trinajstić information content (AvgIpc) is 3.19. The number of hydrogen-bond acceptors (Lipinski definition) is 5. The fourth-order valence-electron chi connectivity index (χ4n) is 4.67. The molecule has 3 amide bonds. The normalized spacial score (nSPS) is 16.3. The summed E-state index contributed by atoms with van der Waals surface area (Å²) in [7, 11) is 3.43. The van der Waals surface area contributed by atoms with Gasteiger partial charge >= 0.3 is 0 Å². The first-order valence-electron chi connectivity index (χ1n) is 11.5. The predicted molar refractivity (Wildman–Crippen MR) is 122 cm³/mol. The molecule has 0 aliphatic carbocycles. The predicted octanol–water partition coefficient (Wildman–Crippen LogP) is 1.62. The molecule has 176 valence electrons. The van der Waals surface area contributed by atoms with Gasteiger partial charge in [0, 0.05) is 62.4 Å². The van der Waals surface area contributed by atoms with E-state index in [9.17, 15) is 14.4 Å². The van der Waals surface area contributed by atoms with Crippen molar-refractivity contribution in [1.29, 1.82) is 0 Å². The molecule has 1 N–H and O–H groups in total. The smallest absolute Gasteiger partial charge is 0.274 e. The minimum Gasteiger partial charge on any atom is -0.497 e. The number of piperidine rings is 1. The van der Waals surface area contributed by atoms with E-state index in [1.807, 2.05) is 14.0 Å². The Morgan fingerprint density at radius 1 is 1.06 bits per heavy atom. The molecule has 9 heteroatoms. The second kappa shape index (κ2) is 9.64. The summed E-state index contributed by atoms with van der Waals surface area (Å²) in [6.45, 7) is 4.50. The number of carbonyl (C=O) groups is 3. The van der Waals surface area contributed by atoms with Crippen LogP contribution in [0.2, 0.25) is 0 Å². The van der Waals surface area contributed by atoms with Crippen LogP contribution < -0.4 is 10.1 Å². The summed E-state index contributed by atoms with van der Waals surface area (Å²) in [5.41, 5.74) is 2.82. The first-order chi connectivity index (χ1) is 15.9. The van der Waals surface area contributed by atoms with Crippen molar-refractivity contribution >= 4 is 17.7 Å². The summed E-state index contributed by atoms with van der Waals surface area (Å²) in [5, 5.41) is 7.40. The summed E-state index contributed by atoms with van der Waals surface area (Å²) < 4.78 is 6.94. The number of ether oxygens (including phenoxy) is 1. The number of methoxy groups -OCH3 is 1. The number of likely N-dealkylation sites (tertiary alicyclic amines) is 1. The molecule has 3 heterocycles. The molecule has 1 saturated heterocycles. The van der Waals surface area contributed by atoms with Gasteiger partial charge in [-0.15, -0.1) is 0 Å². The lowest BCUT2D eigenvalue weighted by atomic mass is 9.95. The topological polar surface area (TPSA) is 96.8 Å². The highest BCUT2D eigenvalue weighted by atomic mass is 16.5. The highest BCUT2D eigenvalue weighted by Gasteiger charge is 2.33. The molecule has 0 unspecified atom stereocenters. The highest BCUT2D eigenvalue weighted by molar-refractivity contribution is 5.96. The number of aromatic nitrogens is 2. The summed E-state index contributed by atoms with van der Waals surface area (Å²) in [6.07, 6.45) is 1.94. The van der Waals surface area contributed by atoms with Gasteiger partial charge in [0.2, 0.25) is 5.91 Å². The zero-order chi connectivity index (χ0) is 23.5. The lowest BCUT2D eigenvalue weighted by molar-refractivity contribution is -0.126. The van der Waals surface area contributed by atoms with Crippen LogP contribution >= 0.6 is 0 Å². The maximum Gasteiger partial charge on any atom is 0.274 e. The van der Waals surface area contributed by atoms with E-state index in [1.165, 1.54) is 0 Å². The average molecular weight is 454 g/mol. The third-order valence-electron chi connectivity index (χ3n) is 6.57. The molecular weight excluding hydrogens is 422 g/mol. The van der Waals surface area contributed by atoms with E-state index < -0.39 is 0 Å². The third kappa shape index (κ3) is 4.58. The molecule has 2 aliphatic heterocycles. The molecule has 4 rings (SSSR count). The van der Waals surface area contributed by atoms with E-state index >= 15 is 0 Å². The van der Waals surface area contributed by atoms with E-state index in [4.69, 9.17) is 4.74 Å². The molecule has 0 atom stereocenters. The van der Waals surface area contributed by atoms with Crippen LogP contribution in [-0.4, -0.2) is 70.6 Å². The van der Waals surface area contributed by atoms with Crippen LogP contribution in [0.25, 0.3) is 0 Å². The van der Waals surface area contributed by atoms with E-state index in [-0.39, 0.29) is 23.6 Å². The van der Waals surface area contributed by atoms with Crippen molar-refractivity contribution in [2.75, 3.05) is 33.3 Å². The summed E-state index contributed by atoms with van der Waals surface area (Å²) in [6, 6.07) is 7.05. The van der Waals surface area contributed by atoms with Crippen molar-refractivity contribution < 1.29 is 19.1 Å². The number of amides is 3. The van der Waals surface area contributed by atoms with E-state index in [0.29, 0.717) is 69.0 Å². The molecule has 1 aromatic heterocycles. The molecule has 0 saturated carbocycles. The minimum absolute atomic E-state index is 0.0516. The van der Waals surface area contributed by atoms with Crippen molar-refractivity contribution in [2.45, 2.75) is 32.7 Å². The Kier molecular flexibility index (Phi) is 6.67. The lowest BCUT2D eigenvalue weighted by Gasteiger charge is -2.32. The van der Waals surface area contributed by atoms with Gasteiger partial charge in [0.1, 0.15) is 5.75 Å². The Hall–Kier alpha value is -3.36. The number of nitrogens with zero attached hydrogens (tertiary/aromatic N) is 4. The van der Waals surface area contributed by atoms with Crippen LogP contribution in [0.15, 0.2) is 24.3 Å².